The van der Waals surface area contributed by atoms with Crippen molar-refractivity contribution < 1.29 is 14.3 Å². The van der Waals surface area contributed by atoms with E-state index in [0.717, 1.165) is 16.9 Å². The second-order valence-corrected chi connectivity index (χ2v) is 10.0. The van der Waals surface area contributed by atoms with E-state index >= 15 is 0 Å². The van der Waals surface area contributed by atoms with Crippen molar-refractivity contribution in [1.82, 2.24) is 4.90 Å². The third-order valence-corrected chi connectivity index (χ3v) is 7.41. The number of amides is 1. The van der Waals surface area contributed by atoms with Crippen LogP contribution in [0.2, 0.25) is 0 Å². The van der Waals surface area contributed by atoms with Crippen LogP contribution in [0.5, 0.6) is 0 Å². The Morgan fingerprint density at radius 1 is 1.05 bits per heavy atom. The number of benzene rings is 2. The fourth-order valence-electron chi connectivity index (χ4n) is 4.30. The molecule has 0 spiro atoms. The van der Waals surface area contributed by atoms with Gasteiger partial charge in [0.1, 0.15) is 10.9 Å². The summed E-state index contributed by atoms with van der Waals surface area (Å²) in [6.45, 7) is 1.87. The molecule has 2 aliphatic heterocycles. The number of anilines is 2. The molecule has 1 unspecified atom stereocenters. The number of nitrogens with two attached hydrogens (primary N) is 1. The Balaban J connectivity index is 1.89. The van der Waals surface area contributed by atoms with Crippen LogP contribution in [0.4, 0.5) is 11.4 Å². The molecule has 37 heavy (non-hydrogen) atoms. The van der Waals surface area contributed by atoms with Gasteiger partial charge in [0.25, 0.3) is 5.91 Å². The number of hydrogen-bond acceptors (Lipinski definition) is 8. The van der Waals surface area contributed by atoms with Crippen LogP contribution in [-0.4, -0.2) is 51.6 Å². The van der Waals surface area contributed by atoms with Crippen LogP contribution in [0.3, 0.4) is 0 Å². The van der Waals surface area contributed by atoms with E-state index in [4.69, 9.17) is 10.5 Å². The van der Waals surface area contributed by atoms with Crippen LogP contribution in [0.15, 0.2) is 76.6 Å². The second-order valence-electron chi connectivity index (χ2n) is 8.99. The maximum atomic E-state index is 13.4. The lowest BCUT2D eigenvalue weighted by molar-refractivity contribution is -0.138. The van der Waals surface area contributed by atoms with E-state index in [9.17, 15) is 14.9 Å². The van der Waals surface area contributed by atoms with E-state index in [0.29, 0.717) is 15.5 Å². The molecule has 0 saturated heterocycles. The lowest BCUT2D eigenvalue weighted by Gasteiger charge is -2.37. The highest BCUT2D eigenvalue weighted by Gasteiger charge is 2.43. The van der Waals surface area contributed by atoms with Gasteiger partial charge < -0.3 is 20.3 Å². The minimum atomic E-state index is -0.776. The molecule has 2 aromatic carbocycles. The Kier molecular flexibility index (Phi) is 7.32. The minimum absolute atomic E-state index is 0.0167. The summed E-state index contributed by atoms with van der Waals surface area (Å²) in [6, 6.07) is 17.5. The summed E-state index contributed by atoms with van der Waals surface area (Å²) < 4.78 is 5.44. The molecule has 190 valence electrons. The molecule has 0 fully saturated rings. The molecule has 2 aromatic rings. The molecule has 0 aliphatic carbocycles. The molecule has 2 N–H and O–H groups in total. The van der Waals surface area contributed by atoms with Gasteiger partial charge in [-0.15, -0.1) is 0 Å². The smallest absolute Gasteiger partial charge is 0.337 e. The van der Waals surface area contributed by atoms with Gasteiger partial charge in [0.2, 0.25) is 0 Å². The lowest BCUT2D eigenvalue weighted by Crippen LogP contribution is -2.40. The van der Waals surface area contributed by atoms with E-state index in [1.165, 1.54) is 22.7 Å². The lowest BCUT2D eigenvalue weighted by atomic mass is 9.83. The molecule has 8 nitrogen and oxygen atoms in total. The van der Waals surface area contributed by atoms with Gasteiger partial charge in [-0.05, 0) is 42.3 Å². The van der Waals surface area contributed by atoms with Gasteiger partial charge in [-0.1, -0.05) is 36.0 Å². The summed E-state index contributed by atoms with van der Waals surface area (Å²) >= 11 is 1.27. The van der Waals surface area contributed by atoms with Crippen LogP contribution in [0.1, 0.15) is 24.0 Å². The quantitative estimate of drug-likeness (QED) is 0.576. The van der Waals surface area contributed by atoms with Gasteiger partial charge >= 0.3 is 5.97 Å². The highest BCUT2D eigenvalue weighted by molar-refractivity contribution is 8.11. The normalized spacial score (nSPS) is 17.2. The first-order chi connectivity index (χ1) is 17.7. The molecular formula is C28H29N5O3S. The van der Waals surface area contributed by atoms with Crippen LogP contribution < -0.4 is 15.5 Å². The Morgan fingerprint density at radius 2 is 1.62 bits per heavy atom. The zero-order chi connectivity index (χ0) is 26.9. The van der Waals surface area contributed by atoms with Crippen molar-refractivity contribution in [1.29, 1.82) is 5.26 Å². The molecule has 2 aliphatic rings. The molecule has 0 bridgehead atoms. The number of ether oxygens (including phenoxy) is 1. The number of nitriles is 1. The number of hydrogen-bond donors (Lipinski definition) is 1. The molecule has 9 heteroatoms. The third-order valence-electron chi connectivity index (χ3n) is 6.24. The number of fused-ring (bicyclic) bond motifs is 1. The minimum Gasteiger partial charge on any atom is -0.463 e. The number of nitrogens with zero attached hydrogens (tertiary/aromatic N) is 4. The maximum absolute atomic E-state index is 13.4. The molecule has 0 radical (unpaired) electrons. The van der Waals surface area contributed by atoms with Gasteiger partial charge in [0, 0.05) is 50.5 Å². The Labute approximate surface area is 221 Å². The Hall–Kier alpha value is -4.16. The summed E-state index contributed by atoms with van der Waals surface area (Å²) in [4.78, 5) is 32.6. The van der Waals surface area contributed by atoms with E-state index in [-0.39, 0.29) is 23.6 Å². The number of rotatable bonds is 6. The third kappa shape index (κ3) is 4.80. The number of carbonyl (C=O) groups excluding carboxylic acids is 2. The maximum Gasteiger partial charge on any atom is 0.337 e. The Bertz CT molecular complexity index is 1370. The van der Waals surface area contributed by atoms with Crippen molar-refractivity contribution in [2.45, 2.75) is 12.8 Å². The van der Waals surface area contributed by atoms with Crippen molar-refractivity contribution in [2.24, 2.45) is 5.73 Å². The van der Waals surface area contributed by atoms with Crippen molar-refractivity contribution in [3.05, 3.63) is 87.7 Å². The molecule has 1 amide bonds. The Morgan fingerprint density at radius 3 is 2.14 bits per heavy atom. The average molecular weight is 516 g/mol. The van der Waals surface area contributed by atoms with E-state index in [2.05, 4.69) is 6.07 Å². The first kappa shape index (κ1) is 25.9. The largest absolute Gasteiger partial charge is 0.463 e. The van der Waals surface area contributed by atoms with Gasteiger partial charge in [-0.2, -0.15) is 5.26 Å². The molecule has 0 aromatic heterocycles. The van der Waals surface area contributed by atoms with Gasteiger partial charge in [-0.3, -0.25) is 9.69 Å². The topological polar surface area (TPSA) is 103 Å². The summed E-state index contributed by atoms with van der Waals surface area (Å²) in [6.07, 6.45) is 1.48. The summed E-state index contributed by atoms with van der Waals surface area (Å²) in [5.41, 5.74) is 10.3. The SMILES string of the molecule is CCOC(=O)C1=C2SC(c3ccc(N(C)C)cc3)=CC(=O)N2C(N)=C(C#N)C1c1ccc(N(C)C)cc1. The first-order valence-corrected chi connectivity index (χ1v) is 12.6. The molecule has 4 rings (SSSR count). The number of carbonyl (C=O) groups is 2. The molecular weight excluding hydrogens is 486 g/mol. The predicted molar refractivity (Wildman–Crippen MR) is 147 cm³/mol. The monoisotopic (exact) mass is 515 g/mol. The van der Waals surface area contributed by atoms with Crippen LogP contribution in [0, 0.1) is 11.3 Å². The highest BCUT2D eigenvalue weighted by Crippen LogP contribution is 2.50. The van der Waals surface area contributed by atoms with Gasteiger partial charge in [-0.25, -0.2) is 4.79 Å². The molecule has 1 atom stereocenters. The zero-order valence-electron chi connectivity index (χ0n) is 21.5. The van der Waals surface area contributed by atoms with Gasteiger partial charge in [0.05, 0.1) is 29.7 Å². The van der Waals surface area contributed by atoms with E-state index in [1.54, 1.807) is 6.92 Å². The van der Waals surface area contributed by atoms with Crippen LogP contribution >= 0.6 is 11.8 Å². The highest BCUT2D eigenvalue weighted by atomic mass is 32.2. The van der Waals surface area contributed by atoms with Crippen LogP contribution in [-0.2, 0) is 14.3 Å². The van der Waals surface area contributed by atoms with Crippen molar-refractivity contribution >= 4 is 39.9 Å². The van der Waals surface area contributed by atoms with E-state index < -0.39 is 17.8 Å². The summed E-state index contributed by atoms with van der Waals surface area (Å²) in [5.74, 6) is -1.77. The van der Waals surface area contributed by atoms with Crippen molar-refractivity contribution in [2.75, 3.05) is 44.6 Å². The number of esters is 1. The zero-order valence-corrected chi connectivity index (χ0v) is 22.3. The predicted octanol–water partition coefficient (Wildman–Crippen LogP) is 4.00. The fraction of sp³-hybridized carbons (Fsp3) is 0.250. The average Bonchev–Trinajstić information content (AvgIpc) is 2.88. The van der Waals surface area contributed by atoms with Crippen LogP contribution in [0.25, 0.3) is 4.91 Å². The van der Waals surface area contributed by atoms with E-state index in [1.807, 2.05) is 86.5 Å². The standard InChI is InChI=1S/C28H29N5O3S/c1-6-36-28(35)25-24(18-9-13-20(14-10-18)32(4)5)21(16-29)26(30)33-23(34)15-22(37-27(25)33)17-7-11-19(12-8-17)31(2)3/h7-15,24H,6,30H2,1-5H3. The van der Waals surface area contributed by atoms with Gasteiger partial charge in [0.15, 0.2) is 0 Å². The molecule has 0 saturated carbocycles. The number of allylic oxidation sites excluding steroid dienone is 1. The number of thioether (sulfide) groups is 1. The van der Waals surface area contributed by atoms with Crippen molar-refractivity contribution in [3.63, 3.8) is 0 Å². The summed E-state index contributed by atoms with van der Waals surface area (Å²) in [7, 11) is 7.77. The molecule has 2 heterocycles. The van der Waals surface area contributed by atoms with Crippen molar-refractivity contribution in [3.8, 4) is 6.07 Å². The summed E-state index contributed by atoms with van der Waals surface area (Å²) in [5, 5.41) is 10.5. The fourth-order valence-corrected chi connectivity index (χ4v) is 5.51. The first-order valence-electron chi connectivity index (χ1n) is 11.8. The second kappa shape index (κ2) is 10.4.